The number of hydrogen-bond acceptors (Lipinski definition) is 1. The molecule has 2 aliphatic carbocycles. The highest BCUT2D eigenvalue weighted by atomic mass is 16.2. The molecule has 0 aliphatic heterocycles. The summed E-state index contributed by atoms with van der Waals surface area (Å²) in [6.07, 6.45) is 4.74. The molecule has 3 nitrogen and oxygen atoms in total. The van der Waals surface area contributed by atoms with Crippen molar-refractivity contribution in [2.75, 3.05) is 0 Å². The van der Waals surface area contributed by atoms with Gasteiger partial charge in [-0.25, -0.2) is 4.79 Å². The zero-order valence-electron chi connectivity index (χ0n) is 7.47. The number of carbonyl (C=O) groups excluding carboxylic acids is 1. The Labute approximate surface area is 72.9 Å². The summed E-state index contributed by atoms with van der Waals surface area (Å²) in [5.41, 5.74) is 0. The zero-order valence-corrected chi connectivity index (χ0v) is 7.47. The Hall–Kier alpha value is -0.730. The molecule has 0 radical (unpaired) electrons. The summed E-state index contributed by atoms with van der Waals surface area (Å²) >= 11 is 0. The first kappa shape index (κ1) is 7.90. The van der Waals surface area contributed by atoms with E-state index in [1.807, 2.05) is 0 Å². The molecule has 3 heteroatoms. The number of amides is 2. The molecular weight excluding hydrogens is 152 g/mol. The number of carbonyl (C=O) groups is 1. The van der Waals surface area contributed by atoms with Gasteiger partial charge in [-0.05, 0) is 31.6 Å². The lowest BCUT2D eigenvalue weighted by atomic mass is 9.93. The first-order valence-corrected chi connectivity index (χ1v) is 4.83. The summed E-state index contributed by atoms with van der Waals surface area (Å²) in [4.78, 5) is 11.2. The van der Waals surface area contributed by atoms with Crippen LogP contribution >= 0.6 is 0 Å². The van der Waals surface area contributed by atoms with Gasteiger partial charge >= 0.3 is 6.03 Å². The van der Waals surface area contributed by atoms with Gasteiger partial charge in [-0.3, -0.25) is 0 Å². The largest absolute Gasteiger partial charge is 0.335 e. The van der Waals surface area contributed by atoms with Gasteiger partial charge in [0.25, 0.3) is 0 Å². The lowest BCUT2D eigenvalue weighted by Gasteiger charge is -2.26. The summed E-state index contributed by atoms with van der Waals surface area (Å²) in [6.45, 7) is 2.16. The lowest BCUT2D eigenvalue weighted by molar-refractivity contribution is 0.227. The molecule has 12 heavy (non-hydrogen) atoms. The first-order valence-electron chi connectivity index (χ1n) is 4.83. The van der Waals surface area contributed by atoms with Gasteiger partial charge in [0.15, 0.2) is 0 Å². The molecule has 0 heterocycles. The van der Waals surface area contributed by atoms with Crippen molar-refractivity contribution in [3.05, 3.63) is 0 Å². The molecule has 2 unspecified atom stereocenters. The molecule has 2 atom stereocenters. The highest BCUT2D eigenvalue weighted by Crippen LogP contribution is 2.28. The summed E-state index contributed by atoms with van der Waals surface area (Å²) < 4.78 is 0. The van der Waals surface area contributed by atoms with Crippen molar-refractivity contribution >= 4 is 6.03 Å². The highest BCUT2D eigenvalue weighted by molar-refractivity contribution is 5.75. The Balaban J connectivity index is 1.63. The lowest BCUT2D eigenvalue weighted by Crippen LogP contribution is -2.46. The third kappa shape index (κ3) is 1.71. The van der Waals surface area contributed by atoms with Crippen LogP contribution in [0.2, 0.25) is 0 Å². The van der Waals surface area contributed by atoms with Crippen molar-refractivity contribution in [3.8, 4) is 0 Å². The van der Waals surface area contributed by atoms with Crippen LogP contribution in [0.5, 0.6) is 0 Å². The van der Waals surface area contributed by atoms with Crippen LogP contribution in [0.1, 0.15) is 32.6 Å². The minimum absolute atomic E-state index is 0.0362. The van der Waals surface area contributed by atoms with Crippen LogP contribution in [-0.4, -0.2) is 18.1 Å². The SMILES string of the molecule is CC1CC1NC(=O)NC1CCC1. The quantitative estimate of drug-likeness (QED) is 0.640. The molecule has 0 aromatic heterocycles. The summed E-state index contributed by atoms with van der Waals surface area (Å²) in [5, 5.41) is 5.91. The molecule has 0 bridgehead atoms. The third-order valence-corrected chi connectivity index (χ3v) is 2.87. The molecule has 2 amide bonds. The van der Waals surface area contributed by atoms with E-state index in [1.54, 1.807) is 0 Å². The third-order valence-electron chi connectivity index (χ3n) is 2.87. The zero-order chi connectivity index (χ0) is 8.55. The van der Waals surface area contributed by atoms with Gasteiger partial charge < -0.3 is 10.6 Å². The van der Waals surface area contributed by atoms with E-state index in [9.17, 15) is 4.79 Å². The predicted molar refractivity (Wildman–Crippen MR) is 46.9 cm³/mol. The van der Waals surface area contributed by atoms with Crippen LogP contribution in [0.3, 0.4) is 0 Å². The monoisotopic (exact) mass is 168 g/mol. The average Bonchev–Trinajstić information content (AvgIpc) is 2.58. The number of hydrogen-bond donors (Lipinski definition) is 2. The van der Waals surface area contributed by atoms with E-state index in [0.29, 0.717) is 18.0 Å². The Morgan fingerprint density at radius 2 is 2.00 bits per heavy atom. The normalized spacial score (nSPS) is 33.8. The average molecular weight is 168 g/mol. The van der Waals surface area contributed by atoms with E-state index in [2.05, 4.69) is 17.6 Å². The van der Waals surface area contributed by atoms with Crippen LogP contribution in [-0.2, 0) is 0 Å². The van der Waals surface area contributed by atoms with Gasteiger partial charge in [-0.15, -0.1) is 0 Å². The van der Waals surface area contributed by atoms with E-state index in [0.717, 1.165) is 19.3 Å². The van der Waals surface area contributed by atoms with Gasteiger partial charge in [-0.2, -0.15) is 0 Å². The van der Waals surface area contributed by atoms with Crippen molar-refractivity contribution in [2.24, 2.45) is 5.92 Å². The minimum Gasteiger partial charge on any atom is -0.335 e. The van der Waals surface area contributed by atoms with Gasteiger partial charge in [-0.1, -0.05) is 6.92 Å². The van der Waals surface area contributed by atoms with Crippen LogP contribution in [0.4, 0.5) is 4.79 Å². The van der Waals surface area contributed by atoms with Crippen molar-refractivity contribution in [1.29, 1.82) is 0 Å². The minimum atomic E-state index is 0.0362. The maximum absolute atomic E-state index is 11.2. The second-order valence-electron chi connectivity index (χ2n) is 4.07. The fourth-order valence-corrected chi connectivity index (χ4v) is 1.47. The Kier molecular flexibility index (Phi) is 1.95. The second kappa shape index (κ2) is 2.96. The van der Waals surface area contributed by atoms with Crippen molar-refractivity contribution in [1.82, 2.24) is 10.6 Å². The van der Waals surface area contributed by atoms with Gasteiger partial charge in [0, 0.05) is 12.1 Å². The van der Waals surface area contributed by atoms with Gasteiger partial charge in [0.1, 0.15) is 0 Å². The van der Waals surface area contributed by atoms with E-state index >= 15 is 0 Å². The van der Waals surface area contributed by atoms with Crippen LogP contribution in [0.15, 0.2) is 0 Å². The molecular formula is C9H16N2O. The van der Waals surface area contributed by atoms with Crippen molar-refractivity contribution < 1.29 is 4.79 Å². The standard InChI is InChI=1S/C9H16N2O/c1-6-5-8(6)11-9(12)10-7-3-2-4-7/h6-8H,2-5H2,1H3,(H2,10,11,12). The molecule has 2 rings (SSSR count). The molecule has 0 spiro atoms. The molecule has 2 saturated carbocycles. The second-order valence-corrected chi connectivity index (χ2v) is 4.07. The van der Waals surface area contributed by atoms with E-state index < -0.39 is 0 Å². The maximum Gasteiger partial charge on any atom is 0.315 e. The highest BCUT2D eigenvalue weighted by Gasteiger charge is 2.34. The smallest absolute Gasteiger partial charge is 0.315 e. The molecule has 2 aliphatic rings. The number of nitrogens with one attached hydrogen (secondary N) is 2. The number of rotatable bonds is 2. The molecule has 0 aromatic rings. The first-order chi connectivity index (χ1) is 5.75. The molecule has 0 aromatic carbocycles. The van der Waals surface area contributed by atoms with E-state index in [1.165, 1.54) is 6.42 Å². The Bertz CT molecular complexity index is 180. The van der Waals surface area contributed by atoms with Crippen LogP contribution in [0, 0.1) is 5.92 Å². The van der Waals surface area contributed by atoms with Gasteiger partial charge in [0.05, 0.1) is 0 Å². The molecule has 2 fully saturated rings. The topological polar surface area (TPSA) is 41.1 Å². The fourth-order valence-electron chi connectivity index (χ4n) is 1.47. The molecule has 68 valence electrons. The van der Waals surface area contributed by atoms with Crippen LogP contribution in [0.25, 0.3) is 0 Å². The van der Waals surface area contributed by atoms with E-state index in [-0.39, 0.29) is 6.03 Å². The van der Waals surface area contributed by atoms with E-state index in [4.69, 9.17) is 0 Å². The predicted octanol–water partition coefficient (Wildman–Crippen LogP) is 1.25. The van der Waals surface area contributed by atoms with Crippen molar-refractivity contribution in [3.63, 3.8) is 0 Å². The fraction of sp³-hybridized carbons (Fsp3) is 0.889. The summed E-state index contributed by atoms with van der Waals surface area (Å²) in [7, 11) is 0. The van der Waals surface area contributed by atoms with Gasteiger partial charge in [0.2, 0.25) is 0 Å². The van der Waals surface area contributed by atoms with Crippen molar-refractivity contribution in [2.45, 2.75) is 44.7 Å². The molecule has 2 N–H and O–H groups in total. The summed E-state index contributed by atoms with van der Waals surface area (Å²) in [5.74, 6) is 0.692. The Morgan fingerprint density at radius 1 is 1.33 bits per heavy atom. The summed E-state index contributed by atoms with van der Waals surface area (Å²) in [6, 6.07) is 0.943. The number of urea groups is 1. The maximum atomic E-state index is 11.2. The van der Waals surface area contributed by atoms with Crippen LogP contribution < -0.4 is 10.6 Å². The molecule has 0 saturated heterocycles. The Morgan fingerprint density at radius 3 is 2.42 bits per heavy atom.